The average molecular weight is 589 g/mol. The van der Waals surface area contributed by atoms with Gasteiger partial charge in [0.2, 0.25) is 5.91 Å². The van der Waals surface area contributed by atoms with Gasteiger partial charge in [0, 0.05) is 18.2 Å². The lowest BCUT2D eigenvalue weighted by atomic mass is 10.0. The van der Waals surface area contributed by atoms with E-state index in [2.05, 4.69) is 5.32 Å². The molecule has 1 heterocycles. The van der Waals surface area contributed by atoms with Crippen molar-refractivity contribution in [1.29, 1.82) is 0 Å². The molecule has 0 unspecified atom stereocenters. The standard InChI is InChI=1S/C30H24N2O7S2/c1-19(33)31-23-13-15-24(16-14-23)41(36,37)39-28-21(9-6-12-26(28)38-2)17-27-29(34)32(30(35)40-27)18-22-10-5-8-20-7-3-4-11-25(20)22/h3-17H,18H2,1-2H3,(H,31,33)/b27-17-. The predicted molar refractivity (Wildman–Crippen MR) is 157 cm³/mol. The summed E-state index contributed by atoms with van der Waals surface area (Å²) in [5, 5.41) is 4.07. The van der Waals surface area contributed by atoms with Gasteiger partial charge in [-0.05, 0) is 64.5 Å². The quantitative estimate of drug-likeness (QED) is 0.202. The lowest BCUT2D eigenvalue weighted by Gasteiger charge is -2.15. The second-order valence-corrected chi connectivity index (χ2v) is 11.6. The molecule has 208 valence electrons. The Bertz CT molecular complexity index is 1810. The van der Waals surface area contributed by atoms with E-state index in [1.807, 2.05) is 42.5 Å². The van der Waals surface area contributed by atoms with Crippen molar-refractivity contribution in [1.82, 2.24) is 4.90 Å². The summed E-state index contributed by atoms with van der Waals surface area (Å²) in [6.07, 6.45) is 1.42. The van der Waals surface area contributed by atoms with E-state index in [-0.39, 0.29) is 39.3 Å². The zero-order valence-electron chi connectivity index (χ0n) is 22.0. The topological polar surface area (TPSA) is 119 Å². The summed E-state index contributed by atoms with van der Waals surface area (Å²) >= 11 is 0.762. The van der Waals surface area contributed by atoms with Gasteiger partial charge in [0.15, 0.2) is 11.5 Å². The van der Waals surface area contributed by atoms with Crippen molar-refractivity contribution in [2.45, 2.75) is 18.4 Å². The van der Waals surface area contributed by atoms with Crippen molar-refractivity contribution in [3.05, 3.63) is 101 Å². The predicted octanol–water partition coefficient (Wildman–Crippen LogP) is 5.81. The number of hydrogen-bond acceptors (Lipinski definition) is 8. The molecule has 11 heteroatoms. The summed E-state index contributed by atoms with van der Waals surface area (Å²) < 4.78 is 37.2. The highest BCUT2D eigenvalue weighted by atomic mass is 32.2. The monoisotopic (exact) mass is 588 g/mol. The third-order valence-corrected chi connectivity index (χ3v) is 8.40. The number of benzene rings is 4. The summed E-state index contributed by atoms with van der Waals surface area (Å²) in [7, 11) is -2.97. The van der Waals surface area contributed by atoms with Crippen LogP contribution in [-0.2, 0) is 26.3 Å². The number of carbonyl (C=O) groups is 3. The fraction of sp³-hybridized carbons (Fsp3) is 0.100. The summed E-state index contributed by atoms with van der Waals surface area (Å²) in [6, 6.07) is 23.6. The molecule has 1 aliphatic rings. The minimum atomic E-state index is -4.33. The van der Waals surface area contributed by atoms with Crippen LogP contribution in [0.5, 0.6) is 11.5 Å². The molecule has 0 saturated carbocycles. The molecule has 1 N–H and O–H groups in total. The number of methoxy groups -OCH3 is 1. The molecule has 1 fully saturated rings. The Balaban J connectivity index is 1.44. The van der Waals surface area contributed by atoms with E-state index < -0.39 is 21.3 Å². The van der Waals surface area contributed by atoms with Gasteiger partial charge in [-0.25, -0.2) is 0 Å². The molecule has 4 aromatic rings. The largest absolute Gasteiger partial charge is 0.493 e. The van der Waals surface area contributed by atoms with Crippen LogP contribution in [0.3, 0.4) is 0 Å². The number of nitrogens with one attached hydrogen (secondary N) is 1. The molecule has 41 heavy (non-hydrogen) atoms. The number of hydrogen-bond donors (Lipinski definition) is 1. The van der Waals surface area contributed by atoms with Gasteiger partial charge in [0.1, 0.15) is 4.90 Å². The van der Waals surface area contributed by atoms with Gasteiger partial charge < -0.3 is 14.2 Å². The van der Waals surface area contributed by atoms with E-state index in [1.54, 1.807) is 12.1 Å². The third kappa shape index (κ3) is 5.96. The number of fused-ring (bicyclic) bond motifs is 1. The Hall–Kier alpha value is -4.61. The molecule has 1 aliphatic heterocycles. The van der Waals surface area contributed by atoms with Gasteiger partial charge in [0.25, 0.3) is 11.1 Å². The molecule has 1 saturated heterocycles. The van der Waals surface area contributed by atoms with Crippen molar-refractivity contribution < 1.29 is 31.7 Å². The number of ether oxygens (including phenoxy) is 1. The smallest absolute Gasteiger partial charge is 0.339 e. The minimum Gasteiger partial charge on any atom is -0.493 e. The van der Waals surface area contributed by atoms with E-state index in [4.69, 9.17) is 8.92 Å². The number of anilines is 1. The molecular formula is C30H24N2O7S2. The second-order valence-electron chi connectivity index (χ2n) is 9.03. The summed E-state index contributed by atoms with van der Waals surface area (Å²) in [4.78, 5) is 38.6. The average Bonchev–Trinajstić information content (AvgIpc) is 3.21. The van der Waals surface area contributed by atoms with Crippen molar-refractivity contribution in [2.75, 3.05) is 12.4 Å². The van der Waals surface area contributed by atoms with Crippen LogP contribution in [0.4, 0.5) is 10.5 Å². The van der Waals surface area contributed by atoms with Crippen molar-refractivity contribution in [3.63, 3.8) is 0 Å². The SMILES string of the molecule is COc1cccc(/C=C2\SC(=O)N(Cc3cccc4ccccc34)C2=O)c1OS(=O)(=O)c1ccc(NC(C)=O)cc1. The summed E-state index contributed by atoms with van der Waals surface area (Å²) in [5.41, 5.74) is 1.49. The molecule has 5 rings (SSSR count). The van der Waals surface area contributed by atoms with Crippen LogP contribution < -0.4 is 14.2 Å². The molecule has 0 atom stereocenters. The number of imide groups is 1. The molecule has 0 radical (unpaired) electrons. The van der Waals surface area contributed by atoms with Crippen molar-refractivity contribution in [3.8, 4) is 11.5 Å². The number of carbonyl (C=O) groups excluding carboxylic acids is 3. The molecule has 0 aliphatic carbocycles. The maximum absolute atomic E-state index is 13.3. The Kier molecular flexibility index (Phi) is 7.82. The maximum atomic E-state index is 13.3. The van der Waals surface area contributed by atoms with Gasteiger partial charge in [-0.2, -0.15) is 8.42 Å². The van der Waals surface area contributed by atoms with Crippen LogP contribution in [-0.4, -0.2) is 37.5 Å². The lowest BCUT2D eigenvalue weighted by molar-refractivity contribution is -0.123. The van der Waals surface area contributed by atoms with Crippen LogP contribution in [0.25, 0.3) is 16.8 Å². The molecule has 0 spiro atoms. The maximum Gasteiger partial charge on any atom is 0.339 e. The summed E-state index contributed by atoms with van der Waals surface area (Å²) in [5.74, 6) is -0.816. The van der Waals surface area contributed by atoms with E-state index in [9.17, 15) is 22.8 Å². The molecular weight excluding hydrogens is 564 g/mol. The fourth-order valence-electron chi connectivity index (χ4n) is 4.34. The van der Waals surface area contributed by atoms with Crippen LogP contribution in [0.15, 0.2) is 94.7 Å². The third-order valence-electron chi connectivity index (χ3n) is 6.25. The Morgan fingerprint density at radius 3 is 2.39 bits per heavy atom. The van der Waals surface area contributed by atoms with E-state index in [0.717, 1.165) is 33.0 Å². The van der Waals surface area contributed by atoms with Crippen LogP contribution in [0, 0.1) is 0 Å². The van der Waals surface area contributed by atoms with Crippen molar-refractivity contribution >= 4 is 61.5 Å². The first kappa shape index (κ1) is 27.9. The number of rotatable bonds is 8. The van der Waals surface area contributed by atoms with Crippen LogP contribution >= 0.6 is 11.8 Å². The Labute approximate surface area is 240 Å². The van der Waals surface area contributed by atoms with Crippen LogP contribution in [0.2, 0.25) is 0 Å². The normalized spacial score (nSPS) is 14.5. The molecule has 9 nitrogen and oxygen atoms in total. The van der Waals surface area contributed by atoms with Gasteiger partial charge in [-0.1, -0.05) is 54.6 Å². The molecule has 4 aromatic carbocycles. The first-order chi connectivity index (χ1) is 19.7. The number of thioether (sulfide) groups is 1. The van der Waals surface area contributed by atoms with Crippen molar-refractivity contribution in [2.24, 2.45) is 0 Å². The summed E-state index contributed by atoms with van der Waals surface area (Å²) in [6.45, 7) is 1.43. The Morgan fingerprint density at radius 2 is 1.66 bits per heavy atom. The van der Waals surface area contributed by atoms with E-state index >= 15 is 0 Å². The highest BCUT2D eigenvalue weighted by Gasteiger charge is 2.36. The molecule has 0 aromatic heterocycles. The van der Waals surface area contributed by atoms with Gasteiger partial charge in [0.05, 0.1) is 18.6 Å². The number of para-hydroxylation sites is 1. The highest BCUT2D eigenvalue weighted by Crippen LogP contribution is 2.39. The number of nitrogens with zero attached hydrogens (tertiary/aromatic N) is 1. The second kappa shape index (κ2) is 11.5. The first-order valence-electron chi connectivity index (χ1n) is 12.4. The zero-order chi connectivity index (χ0) is 29.1. The molecule has 3 amide bonds. The zero-order valence-corrected chi connectivity index (χ0v) is 23.6. The fourth-order valence-corrected chi connectivity index (χ4v) is 6.13. The van der Waals surface area contributed by atoms with E-state index in [0.29, 0.717) is 5.69 Å². The lowest BCUT2D eigenvalue weighted by Crippen LogP contribution is -2.27. The highest BCUT2D eigenvalue weighted by molar-refractivity contribution is 8.18. The van der Waals surface area contributed by atoms with Crippen LogP contribution in [0.1, 0.15) is 18.1 Å². The Morgan fingerprint density at radius 1 is 0.951 bits per heavy atom. The van der Waals surface area contributed by atoms with E-state index in [1.165, 1.54) is 50.4 Å². The first-order valence-corrected chi connectivity index (χ1v) is 14.6. The van der Waals surface area contributed by atoms with Gasteiger partial charge >= 0.3 is 10.1 Å². The number of amides is 3. The molecule has 0 bridgehead atoms. The minimum absolute atomic E-state index is 0.0910. The van der Waals surface area contributed by atoms with Gasteiger partial charge in [-0.15, -0.1) is 0 Å². The van der Waals surface area contributed by atoms with Gasteiger partial charge in [-0.3, -0.25) is 19.3 Å².